The molecule has 1 aromatic carbocycles. The number of carbonyl (C=O) groups excluding carboxylic acids is 1. The summed E-state index contributed by atoms with van der Waals surface area (Å²) < 4.78 is 1.58. The number of fused-ring (bicyclic) bond motifs is 1. The van der Waals surface area contributed by atoms with E-state index >= 15 is 0 Å². The van der Waals surface area contributed by atoms with Crippen LogP contribution in [0.25, 0.3) is 11.0 Å². The average molecular weight is 324 g/mol. The minimum absolute atomic E-state index is 0.0984. The number of hydrogen-bond donors (Lipinski definition) is 2. The molecule has 3 aromatic rings. The molecule has 0 saturated carbocycles. The fourth-order valence-electron chi connectivity index (χ4n) is 2.72. The van der Waals surface area contributed by atoms with Gasteiger partial charge in [-0.25, -0.2) is 14.6 Å². The molecule has 0 fully saturated rings. The maximum absolute atomic E-state index is 12.5. The van der Waals surface area contributed by atoms with Gasteiger partial charge in [0.05, 0.1) is 11.6 Å². The van der Waals surface area contributed by atoms with Crippen LogP contribution >= 0.6 is 0 Å². The first-order valence-corrected chi connectivity index (χ1v) is 7.86. The van der Waals surface area contributed by atoms with E-state index in [1.54, 1.807) is 17.9 Å². The third-order valence-corrected chi connectivity index (χ3v) is 3.97. The first-order valence-electron chi connectivity index (χ1n) is 7.86. The monoisotopic (exact) mass is 324 g/mol. The lowest BCUT2D eigenvalue weighted by molar-refractivity contribution is -0.116. The standard InChI is InChI=1S/C17H20N6O/c1-4-12-7-5-6-11(2)15(12)22-14(24)9-23-17-13(8-21-23)16(18-3)19-10-20-17/h5-8,10H,4,9H2,1-3H3,(H,22,24)(H,18,19,20). The van der Waals surface area contributed by atoms with Crippen LogP contribution in [-0.4, -0.2) is 32.7 Å². The molecule has 0 aliphatic carbocycles. The fourth-order valence-corrected chi connectivity index (χ4v) is 2.72. The highest BCUT2D eigenvalue weighted by Crippen LogP contribution is 2.22. The molecule has 0 unspecified atom stereocenters. The van der Waals surface area contributed by atoms with Crippen LogP contribution in [0.2, 0.25) is 0 Å². The second kappa shape index (κ2) is 6.66. The molecule has 0 radical (unpaired) electrons. The van der Waals surface area contributed by atoms with E-state index in [0.717, 1.165) is 28.6 Å². The summed E-state index contributed by atoms with van der Waals surface area (Å²) in [6.07, 6.45) is 3.99. The number of anilines is 2. The number of para-hydroxylation sites is 1. The lowest BCUT2D eigenvalue weighted by atomic mass is 10.1. The predicted molar refractivity (Wildman–Crippen MR) is 94.1 cm³/mol. The first-order chi connectivity index (χ1) is 11.6. The van der Waals surface area contributed by atoms with Gasteiger partial charge < -0.3 is 10.6 Å². The van der Waals surface area contributed by atoms with Gasteiger partial charge in [0.25, 0.3) is 0 Å². The van der Waals surface area contributed by atoms with E-state index < -0.39 is 0 Å². The van der Waals surface area contributed by atoms with Crippen LogP contribution in [0.15, 0.2) is 30.7 Å². The summed E-state index contributed by atoms with van der Waals surface area (Å²) in [7, 11) is 1.79. The summed E-state index contributed by atoms with van der Waals surface area (Å²) in [4.78, 5) is 20.8. The Labute approximate surface area is 140 Å². The average Bonchev–Trinajstić information content (AvgIpc) is 2.99. The van der Waals surface area contributed by atoms with Gasteiger partial charge >= 0.3 is 0 Å². The van der Waals surface area contributed by atoms with E-state index in [1.807, 2.05) is 25.1 Å². The van der Waals surface area contributed by atoms with Gasteiger partial charge in [0, 0.05) is 12.7 Å². The van der Waals surface area contributed by atoms with Crippen molar-refractivity contribution in [3.8, 4) is 0 Å². The third kappa shape index (κ3) is 2.92. The van der Waals surface area contributed by atoms with Crippen LogP contribution < -0.4 is 10.6 Å². The number of rotatable bonds is 5. The molecule has 2 N–H and O–H groups in total. The summed E-state index contributed by atoms with van der Waals surface area (Å²) in [6, 6.07) is 6.02. The van der Waals surface area contributed by atoms with Gasteiger partial charge in [-0.15, -0.1) is 0 Å². The van der Waals surface area contributed by atoms with Crippen LogP contribution in [0.4, 0.5) is 11.5 Å². The van der Waals surface area contributed by atoms with Gasteiger partial charge in [-0.2, -0.15) is 5.10 Å². The second-order valence-electron chi connectivity index (χ2n) is 5.52. The Kier molecular flexibility index (Phi) is 4.41. The number of aromatic nitrogens is 4. The van der Waals surface area contributed by atoms with Gasteiger partial charge in [0.2, 0.25) is 5.91 Å². The molecule has 0 atom stereocenters. The van der Waals surface area contributed by atoms with Gasteiger partial charge in [0.1, 0.15) is 18.7 Å². The highest BCUT2D eigenvalue weighted by Gasteiger charge is 2.13. The zero-order valence-electron chi connectivity index (χ0n) is 14.0. The molecule has 0 saturated heterocycles. The Morgan fingerprint density at radius 3 is 2.88 bits per heavy atom. The van der Waals surface area contributed by atoms with Crippen molar-refractivity contribution in [1.29, 1.82) is 0 Å². The maximum atomic E-state index is 12.5. The summed E-state index contributed by atoms with van der Waals surface area (Å²) in [6.45, 7) is 4.16. The minimum atomic E-state index is -0.131. The first kappa shape index (κ1) is 15.9. The van der Waals surface area contributed by atoms with E-state index in [4.69, 9.17) is 0 Å². The molecular formula is C17H20N6O. The van der Waals surface area contributed by atoms with Crippen molar-refractivity contribution >= 4 is 28.4 Å². The van der Waals surface area contributed by atoms with Crippen molar-refractivity contribution in [3.05, 3.63) is 41.9 Å². The molecule has 1 amide bonds. The summed E-state index contributed by atoms with van der Waals surface area (Å²) in [5.74, 6) is 0.562. The molecule has 7 heteroatoms. The van der Waals surface area contributed by atoms with E-state index in [2.05, 4.69) is 32.6 Å². The molecule has 2 heterocycles. The molecule has 3 rings (SSSR count). The Balaban J connectivity index is 1.84. The van der Waals surface area contributed by atoms with Crippen molar-refractivity contribution in [3.63, 3.8) is 0 Å². The number of nitrogens with one attached hydrogen (secondary N) is 2. The second-order valence-corrected chi connectivity index (χ2v) is 5.52. The van der Waals surface area contributed by atoms with Gasteiger partial charge in [-0.05, 0) is 24.5 Å². The van der Waals surface area contributed by atoms with Crippen LogP contribution in [0.5, 0.6) is 0 Å². The van der Waals surface area contributed by atoms with E-state index in [9.17, 15) is 4.79 Å². The van der Waals surface area contributed by atoms with Crippen molar-refractivity contribution < 1.29 is 4.79 Å². The van der Waals surface area contributed by atoms with E-state index in [-0.39, 0.29) is 12.5 Å². The van der Waals surface area contributed by atoms with Gasteiger partial charge in [-0.3, -0.25) is 4.79 Å². The Bertz CT molecular complexity index is 886. The minimum Gasteiger partial charge on any atom is -0.372 e. The van der Waals surface area contributed by atoms with Gasteiger partial charge in [0.15, 0.2) is 5.65 Å². The van der Waals surface area contributed by atoms with Crippen LogP contribution in [-0.2, 0) is 17.8 Å². The Hall–Kier alpha value is -2.96. The Morgan fingerprint density at radius 2 is 2.12 bits per heavy atom. The normalized spacial score (nSPS) is 10.8. The molecule has 2 aromatic heterocycles. The molecule has 7 nitrogen and oxygen atoms in total. The SMILES string of the molecule is CCc1cccc(C)c1NC(=O)Cn1ncc2c(NC)ncnc21. The largest absolute Gasteiger partial charge is 0.372 e. The Morgan fingerprint density at radius 1 is 1.29 bits per heavy atom. The zero-order valence-corrected chi connectivity index (χ0v) is 14.0. The van der Waals surface area contributed by atoms with Crippen molar-refractivity contribution in [1.82, 2.24) is 19.7 Å². The lowest BCUT2D eigenvalue weighted by Crippen LogP contribution is -2.21. The van der Waals surface area contributed by atoms with E-state index in [0.29, 0.717) is 11.5 Å². The summed E-state index contributed by atoms with van der Waals surface area (Å²) in [5.41, 5.74) is 3.68. The number of amides is 1. The number of carbonyl (C=O) groups is 1. The van der Waals surface area contributed by atoms with Crippen molar-refractivity contribution in [2.45, 2.75) is 26.8 Å². The zero-order chi connectivity index (χ0) is 17.1. The third-order valence-electron chi connectivity index (χ3n) is 3.97. The number of hydrogen-bond acceptors (Lipinski definition) is 5. The molecule has 0 aliphatic heterocycles. The predicted octanol–water partition coefficient (Wildman–Crippen LogP) is 2.38. The lowest BCUT2D eigenvalue weighted by Gasteiger charge is -2.13. The molecule has 0 bridgehead atoms. The molecule has 0 spiro atoms. The van der Waals surface area contributed by atoms with Crippen LogP contribution in [0, 0.1) is 6.92 Å². The maximum Gasteiger partial charge on any atom is 0.246 e. The molecule has 0 aliphatic rings. The van der Waals surface area contributed by atoms with Crippen molar-refractivity contribution in [2.24, 2.45) is 0 Å². The molecule has 24 heavy (non-hydrogen) atoms. The molecular weight excluding hydrogens is 304 g/mol. The molecule has 124 valence electrons. The van der Waals surface area contributed by atoms with Crippen molar-refractivity contribution in [2.75, 3.05) is 17.7 Å². The van der Waals surface area contributed by atoms with Gasteiger partial charge in [-0.1, -0.05) is 25.1 Å². The fraction of sp³-hybridized carbons (Fsp3) is 0.294. The highest BCUT2D eigenvalue weighted by atomic mass is 16.2. The number of aryl methyl sites for hydroxylation is 2. The summed E-state index contributed by atoms with van der Waals surface area (Å²) in [5, 5.41) is 11.1. The number of benzene rings is 1. The summed E-state index contributed by atoms with van der Waals surface area (Å²) >= 11 is 0. The highest BCUT2D eigenvalue weighted by molar-refractivity contribution is 5.93. The number of nitrogens with zero attached hydrogens (tertiary/aromatic N) is 4. The van der Waals surface area contributed by atoms with E-state index in [1.165, 1.54) is 6.33 Å². The quantitative estimate of drug-likeness (QED) is 0.753. The van der Waals surface area contributed by atoms with Crippen LogP contribution in [0.1, 0.15) is 18.1 Å². The topological polar surface area (TPSA) is 84.7 Å². The van der Waals surface area contributed by atoms with Crippen LogP contribution in [0.3, 0.4) is 0 Å². The smallest absolute Gasteiger partial charge is 0.246 e.